The molecule has 0 aromatic heterocycles. The summed E-state index contributed by atoms with van der Waals surface area (Å²) in [6.45, 7) is 5.49. The van der Waals surface area contributed by atoms with Crippen LogP contribution in [0.25, 0.3) is 0 Å². The summed E-state index contributed by atoms with van der Waals surface area (Å²) >= 11 is 6.30. The van der Waals surface area contributed by atoms with Crippen molar-refractivity contribution in [2.45, 2.75) is 11.8 Å². The van der Waals surface area contributed by atoms with Gasteiger partial charge in [-0.3, -0.25) is 4.79 Å². The summed E-state index contributed by atoms with van der Waals surface area (Å²) < 4.78 is 38.5. The molecule has 0 unspecified atom stereocenters. The molecule has 0 spiro atoms. The fraction of sp³-hybridized carbons (Fsp3) is 0.409. The van der Waals surface area contributed by atoms with Crippen LogP contribution in [0, 0.1) is 6.92 Å². The number of sulfonamides is 1. The average molecular weight is 480 g/mol. The first kappa shape index (κ1) is 23.0. The molecule has 0 radical (unpaired) electrons. The number of benzene rings is 2. The Hall–Kier alpha value is -2.17. The molecular weight excluding hydrogens is 454 g/mol. The molecule has 2 saturated heterocycles. The molecular formula is C22H26ClN3O5S. The average Bonchev–Trinajstić information content (AvgIpc) is 2.81. The number of ether oxygens (including phenoxy) is 2. The summed E-state index contributed by atoms with van der Waals surface area (Å²) in [6, 6.07) is 10.1. The minimum Gasteiger partial charge on any atom is -0.379 e. The molecule has 10 heteroatoms. The van der Waals surface area contributed by atoms with Crippen LogP contribution in [-0.2, 0) is 19.5 Å². The van der Waals surface area contributed by atoms with Crippen LogP contribution < -0.4 is 10.2 Å². The minimum atomic E-state index is -3.75. The Morgan fingerprint density at radius 2 is 1.62 bits per heavy atom. The van der Waals surface area contributed by atoms with Crippen LogP contribution in [0.3, 0.4) is 0 Å². The second-order valence-corrected chi connectivity index (χ2v) is 10.1. The molecule has 0 atom stereocenters. The van der Waals surface area contributed by atoms with Crippen LogP contribution in [0.2, 0.25) is 5.02 Å². The molecule has 1 N–H and O–H groups in total. The molecule has 4 rings (SSSR count). The molecule has 2 fully saturated rings. The number of amides is 1. The highest BCUT2D eigenvalue weighted by Gasteiger charge is 2.29. The van der Waals surface area contributed by atoms with Gasteiger partial charge in [0, 0.05) is 31.9 Å². The third kappa shape index (κ3) is 4.92. The number of nitrogens with zero attached hydrogens (tertiary/aromatic N) is 2. The number of aryl methyl sites for hydroxylation is 1. The van der Waals surface area contributed by atoms with Gasteiger partial charge in [-0.05, 0) is 42.8 Å². The van der Waals surface area contributed by atoms with Gasteiger partial charge in [0.2, 0.25) is 10.0 Å². The predicted molar refractivity (Wildman–Crippen MR) is 123 cm³/mol. The normalized spacial score (nSPS) is 17.9. The van der Waals surface area contributed by atoms with E-state index < -0.39 is 15.9 Å². The lowest BCUT2D eigenvalue weighted by molar-refractivity contribution is 0.0730. The first-order valence-electron chi connectivity index (χ1n) is 10.5. The summed E-state index contributed by atoms with van der Waals surface area (Å²) in [5.41, 5.74) is 2.38. The highest BCUT2D eigenvalue weighted by molar-refractivity contribution is 7.89. The lowest BCUT2D eigenvalue weighted by Crippen LogP contribution is -2.41. The number of hydrogen-bond donors (Lipinski definition) is 1. The largest absolute Gasteiger partial charge is 0.379 e. The second kappa shape index (κ2) is 9.76. The maximum Gasteiger partial charge on any atom is 0.257 e. The Labute approximate surface area is 193 Å². The van der Waals surface area contributed by atoms with Gasteiger partial charge >= 0.3 is 0 Å². The van der Waals surface area contributed by atoms with Crippen molar-refractivity contribution in [2.24, 2.45) is 0 Å². The molecule has 2 aliphatic rings. The smallest absolute Gasteiger partial charge is 0.257 e. The summed E-state index contributed by atoms with van der Waals surface area (Å²) in [7, 11) is -3.75. The molecule has 0 saturated carbocycles. The van der Waals surface area contributed by atoms with Crippen LogP contribution in [0.15, 0.2) is 41.3 Å². The number of morpholine rings is 2. The zero-order chi connectivity index (χ0) is 22.7. The van der Waals surface area contributed by atoms with Gasteiger partial charge in [0.15, 0.2) is 0 Å². The number of carbonyl (C=O) groups is 1. The number of hydrogen-bond acceptors (Lipinski definition) is 6. The summed E-state index contributed by atoms with van der Waals surface area (Å²) in [5, 5.41) is 3.25. The van der Waals surface area contributed by atoms with E-state index in [4.69, 9.17) is 21.1 Å². The van der Waals surface area contributed by atoms with E-state index in [2.05, 4.69) is 5.32 Å². The third-order valence-electron chi connectivity index (χ3n) is 5.55. The second-order valence-electron chi connectivity index (χ2n) is 7.73. The summed E-state index contributed by atoms with van der Waals surface area (Å²) in [6.07, 6.45) is 0. The van der Waals surface area contributed by atoms with Crippen molar-refractivity contribution >= 4 is 38.9 Å². The topological polar surface area (TPSA) is 88.2 Å². The van der Waals surface area contributed by atoms with E-state index in [1.807, 2.05) is 17.9 Å². The van der Waals surface area contributed by atoms with Gasteiger partial charge < -0.3 is 19.7 Å². The van der Waals surface area contributed by atoms with E-state index in [1.165, 1.54) is 10.4 Å². The number of carbonyl (C=O) groups excluding carboxylic acids is 1. The van der Waals surface area contributed by atoms with Crippen LogP contribution in [0.1, 0.15) is 15.9 Å². The first-order chi connectivity index (χ1) is 15.4. The molecule has 2 aromatic rings. The van der Waals surface area contributed by atoms with Gasteiger partial charge in [0.1, 0.15) is 0 Å². The van der Waals surface area contributed by atoms with E-state index in [0.29, 0.717) is 55.9 Å². The highest BCUT2D eigenvalue weighted by atomic mass is 35.5. The van der Waals surface area contributed by atoms with Crippen molar-refractivity contribution in [2.75, 3.05) is 62.8 Å². The third-order valence-corrected chi connectivity index (χ3v) is 7.75. The number of anilines is 2. The van der Waals surface area contributed by atoms with Gasteiger partial charge in [-0.25, -0.2) is 8.42 Å². The van der Waals surface area contributed by atoms with Crippen molar-refractivity contribution in [3.8, 4) is 0 Å². The minimum absolute atomic E-state index is 0.0802. The molecule has 8 nitrogen and oxygen atoms in total. The molecule has 32 heavy (non-hydrogen) atoms. The van der Waals surface area contributed by atoms with Gasteiger partial charge in [0.25, 0.3) is 5.91 Å². The molecule has 172 valence electrons. The standard InChI is InChI=1S/C22H26ClN3O5S/c1-16-2-4-20(19(23)14-16)24-22(27)18-15-17(32(28,29)26-8-12-31-13-9-26)3-5-21(18)25-6-10-30-11-7-25/h2-5,14-15H,6-13H2,1H3,(H,24,27). The van der Waals surface area contributed by atoms with Gasteiger partial charge in [-0.1, -0.05) is 17.7 Å². The molecule has 1 amide bonds. The fourth-order valence-electron chi connectivity index (χ4n) is 3.78. The molecule has 0 aliphatic carbocycles. The predicted octanol–water partition coefficient (Wildman–Crippen LogP) is 2.76. The van der Waals surface area contributed by atoms with Crippen molar-refractivity contribution in [3.63, 3.8) is 0 Å². The van der Waals surface area contributed by atoms with Gasteiger partial charge in [-0.2, -0.15) is 4.31 Å². The van der Waals surface area contributed by atoms with E-state index in [9.17, 15) is 13.2 Å². The summed E-state index contributed by atoms with van der Waals surface area (Å²) in [5.74, 6) is -0.420. The molecule has 2 heterocycles. The molecule has 2 aliphatic heterocycles. The van der Waals surface area contributed by atoms with Crippen molar-refractivity contribution in [3.05, 3.63) is 52.5 Å². The maximum absolute atomic E-state index is 13.3. The van der Waals surface area contributed by atoms with Crippen LogP contribution in [-0.4, -0.2) is 71.2 Å². The zero-order valence-corrected chi connectivity index (χ0v) is 19.4. The van der Waals surface area contributed by atoms with E-state index in [1.54, 1.807) is 24.3 Å². The van der Waals surface area contributed by atoms with Gasteiger partial charge in [-0.15, -0.1) is 0 Å². The maximum atomic E-state index is 13.3. The van der Waals surface area contributed by atoms with Crippen molar-refractivity contribution in [1.29, 1.82) is 0 Å². The van der Waals surface area contributed by atoms with Crippen LogP contribution in [0.5, 0.6) is 0 Å². The highest BCUT2D eigenvalue weighted by Crippen LogP contribution is 2.29. The quantitative estimate of drug-likeness (QED) is 0.709. The Kier molecular flexibility index (Phi) is 7.02. The van der Waals surface area contributed by atoms with Crippen LogP contribution >= 0.6 is 11.6 Å². The lowest BCUT2D eigenvalue weighted by Gasteiger charge is -2.31. The Balaban J connectivity index is 1.71. The first-order valence-corrected chi connectivity index (χ1v) is 12.3. The number of rotatable bonds is 5. The Morgan fingerprint density at radius 3 is 2.28 bits per heavy atom. The summed E-state index contributed by atoms with van der Waals surface area (Å²) in [4.78, 5) is 15.4. The van der Waals surface area contributed by atoms with Crippen molar-refractivity contribution in [1.82, 2.24) is 4.31 Å². The SMILES string of the molecule is Cc1ccc(NC(=O)c2cc(S(=O)(=O)N3CCOCC3)ccc2N2CCOCC2)c(Cl)c1. The monoisotopic (exact) mass is 479 g/mol. The van der Waals surface area contributed by atoms with E-state index >= 15 is 0 Å². The Morgan fingerprint density at radius 1 is 0.969 bits per heavy atom. The van der Waals surface area contributed by atoms with Crippen molar-refractivity contribution < 1.29 is 22.7 Å². The lowest BCUT2D eigenvalue weighted by atomic mass is 10.1. The van der Waals surface area contributed by atoms with E-state index in [-0.39, 0.29) is 23.5 Å². The fourth-order valence-corrected chi connectivity index (χ4v) is 5.50. The van der Waals surface area contributed by atoms with Gasteiger partial charge in [0.05, 0.1) is 47.6 Å². The molecule has 0 bridgehead atoms. The van der Waals surface area contributed by atoms with Crippen LogP contribution in [0.4, 0.5) is 11.4 Å². The Bertz CT molecular complexity index is 1100. The number of nitrogens with one attached hydrogen (secondary N) is 1. The number of halogens is 1. The molecule has 2 aromatic carbocycles. The zero-order valence-electron chi connectivity index (χ0n) is 17.8. The van der Waals surface area contributed by atoms with E-state index in [0.717, 1.165) is 5.56 Å².